The van der Waals surface area contributed by atoms with E-state index in [0.717, 1.165) is 26.2 Å². The molecule has 2 aromatic heterocycles. The van der Waals surface area contributed by atoms with Gasteiger partial charge in [0.05, 0.1) is 16.6 Å². The van der Waals surface area contributed by atoms with Gasteiger partial charge >= 0.3 is 0 Å². The van der Waals surface area contributed by atoms with Crippen LogP contribution in [0.1, 0.15) is 11.4 Å². The van der Waals surface area contributed by atoms with Crippen LogP contribution in [-0.2, 0) is 0 Å². The van der Waals surface area contributed by atoms with Crippen molar-refractivity contribution in [3.63, 3.8) is 0 Å². The number of aromatic nitrogens is 2. The Balaban J connectivity index is 1.67. The van der Waals surface area contributed by atoms with Crippen molar-refractivity contribution in [1.82, 2.24) is 9.97 Å². The normalized spacial score (nSPS) is 11.4. The van der Waals surface area contributed by atoms with Crippen LogP contribution in [0.4, 0.5) is 5.82 Å². The van der Waals surface area contributed by atoms with E-state index in [1.54, 1.807) is 29.7 Å². The zero-order chi connectivity index (χ0) is 18.8. The third kappa shape index (κ3) is 3.95. The van der Waals surface area contributed by atoms with Crippen molar-refractivity contribution >= 4 is 56.8 Å². The number of hydrogen-bond donors (Lipinski definition) is 1. The summed E-state index contributed by atoms with van der Waals surface area (Å²) in [6.45, 7) is 1.87. The van der Waals surface area contributed by atoms with Crippen LogP contribution in [0, 0.1) is 6.92 Å². The lowest BCUT2D eigenvalue weighted by Gasteiger charge is -2.03. The van der Waals surface area contributed by atoms with Crippen molar-refractivity contribution in [3.05, 3.63) is 76.0 Å². The van der Waals surface area contributed by atoms with Gasteiger partial charge in [0, 0.05) is 15.5 Å². The number of halogens is 2. The van der Waals surface area contributed by atoms with Crippen LogP contribution in [0.25, 0.3) is 20.7 Å². The zero-order valence-corrected chi connectivity index (χ0v) is 16.6. The lowest BCUT2D eigenvalue weighted by atomic mass is 10.2. The Kier molecular flexibility index (Phi) is 5.07. The highest BCUT2D eigenvalue weighted by atomic mass is 35.5. The molecule has 27 heavy (non-hydrogen) atoms. The molecule has 0 saturated heterocycles. The monoisotopic (exact) mass is 412 g/mol. The van der Waals surface area contributed by atoms with Crippen molar-refractivity contribution in [2.75, 3.05) is 5.43 Å². The lowest BCUT2D eigenvalue weighted by molar-refractivity contribution is 1.09. The number of rotatable bonds is 4. The molecule has 0 spiro atoms. The molecule has 134 valence electrons. The number of aryl methyl sites for hydroxylation is 1. The molecule has 0 amide bonds. The van der Waals surface area contributed by atoms with Crippen LogP contribution in [0.3, 0.4) is 0 Å². The number of hydrazone groups is 1. The molecular weight excluding hydrogens is 399 g/mol. The average Bonchev–Trinajstić information content (AvgIpc) is 3.08. The summed E-state index contributed by atoms with van der Waals surface area (Å²) in [6, 6.07) is 17.6. The Labute approximate surface area is 170 Å². The molecule has 0 aliphatic carbocycles. The third-order valence-corrected chi connectivity index (χ3v) is 5.54. The predicted molar refractivity (Wildman–Crippen MR) is 115 cm³/mol. The number of anilines is 1. The molecule has 0 saturated carbocycles. The molecule has 2 heterocycles. The Hall–Kier alpha value is -2.47. The topological polar surface area (TPSA) is 50.2 Å². The summed E-state index contributed by atoms with van der Waals surface area (Å²) in [6.07, 6.45) is 1.65. The molecule has 2 aromatic carbocycles. The summed E-state index contributed by atoms with van der Waals surface area (Å²) in [5, 5.41) is 6.35. The second kappa shape index (κ2) is 7.64. The second-order valence-corrected chi connectivity index (χ2v) is 7.73. The van der Waals surface area contributed by atoms with E-state index >= 15 is 0 Å². The molecule has 0 fully saturated rings. The Morgan fingerprint density at radius 1 is 1.04 bits per heavy atom. The third-order valence-electron chi connectivity index (χ3n) is 3.90. The Bertz CT molecular complexity index is 1140. The molecule has 7 heteroatoms. The van der Waals surface area contributed by atoms with E-state index in [-0.39, 0.29) is 0 Å². The van der Waals surface area contributed by atoms with Gasteiger partial charge in [-0.3, -0.25) is 5.43 Å². The minimum atomic E-state index is 0.541. The van der Waals surface area contributed by atoms with Gasteiger partial charge in [-0.05, 0) is 30.7 Å². The van der Waals surface area contributed by atoms with E-state index in [1.165, 1.54) is 0 Å². The first-order valence-electron chi connectivity index (χ1n) is 8.18. The van der Waals surface area contributed by atoms with Crippen LogP contribution in [0.15, 0.2) is 59.7 Å². The highest BCUT2D eigenvalue weighted by Crippen LogP contribution is 2.35. The predicted octanol–water partition coefficient (Wildman–Crippen LogP) is 6.42. The minimum absolute atomic E-state index is 0.541. The van der Waals surface area contributed by atoms with Crippen LogP contribution in [0.2, 0.25) is 10.0 Å². The van der Waals surface area contributed by atoms with Gasteiger partial charge in [0.25, 0.3) is 0 Å². The van der Waals surface area contributed by atoms with Gasteiger partial charge in [0.2, 0.25) is 0 Å². The van der Waals surface area contributed by atoms with Crippen LogP contribution in [-0.4, -0.2) is 16.2 Å². The molecule has 0 bridgehead atoms. The maximum absolute atomic E-state index is 6.18. The standard InChI is InChI=1S/C20H14Cl2N4S/c1-12-24-19(26-23-11-14-7-8-15(21)9-17(14)22)16-10-18(27-20(16)25-12)13-5-3-2-4-6-13/h2-11H,1H3,(H,24,25,26)/b23-11-. The molecule has 0 unspecified atom stereocenters. The summed E-state index contributed by atoms with van der Waals surface area (Å²) in [4.78, 5) is 11.1. The summed E-state index contributed by atoms with van der Waals surface area (Å²) in [7, 11) is 0. The van der Waals surface area contributed by atoms with Gasteiger partial charge in [-0.25, -0.2) is 9.97 Å². The first-order valence-corrected chi connectivity index (χ1v) is 9.75. The Morgan fingerprint density at radius 3 is 2.63 bits per heavy atom. The number of nitrogens with one attached hydrogen (secondary N) is 1. The molecule has 0 atom stereocenters. The number of thiophene rings is 1. The molecule has 0 aliphatic rings. The van der Waals surface area contributed by atoms with E-state index in [2.05, 4.69) is 38.7 Å². The molecule has 0 radical (unpaired) electrons. The zero-order valence-electron chi connectivity index (χ0n) is 14.3. The fourth-order valence-electron chi connectivity index (χ4n) is 2.63. The highest BCUT2D eigenvalue weighted by Gasteiger charge is 2.11. The SMILES string of the molecule is Cc1nc(N/N=C\c2ccc(Cl)cc2Cl)c2cc(-c3ccccc3)sc2n1. The molecular formula is C20H14Cl2N4S. The van der Waals surface area contributed by atoms with E-state index < -0.39 is 0 Å². The molecule has 4 aromatic rings. The van der Waals surface area contributed by atoms with E-state index in [1.807, 2.05) is 31.2 Å². The van der Waals surface area contributed by atoms with Crippen molar-refractivity contribution < 1.29 is 0 Å². The van der Waals surface area contributed by atoms with E-state index in [9.17, 15) is 0 Å². The van der Waals surface area contributed by atoms with Crippen molar-refractivity contribution in [3.8, 4) is 10.4 Å². The van der Waals surface area contributed by atoms with Gasteiger partial charge in [-0.15, -0.1) is 11.3 Å². The van der Waals surface area contributed by atoms with Gasteiger partial charge in [0.15, 0.2) is 5.82 Å². The quantitative estimate of drug-likeness (QED) is 0.310. The summed E-state index contributed by atoms with van der Waals surface area (Å²) in [5.41, 5.74) is 4.94. The van der Waals surface area contributed by atoms with Gasteiger partial charge in [-0.2, -0.15) is 5.10 Å². The van der Waals surface area contributed by atoms with Gasteiger partial charge in [-0.1, -0.05) is 59.6 Å². The van der Waals surface area contributed by atoms with Crippen LogP contribution < -0.4 is 5.43 Å². The fourth-order valence-corrected chi connectivity index (χ4v) is 4.17. The first-order chi connectivity index (χ1) is 13.1. The van der Waals surface area contributed by atoms with Crippen molar-refractivity contribution in [2.45, 2.75) is 6.92 Å². The number of fused-ring (bicyclic) bond motifs is 1. The number of hydrogen-bond acceptors (Lipinski definition) is 5. The molecule has 4 rings (SSSR count). The average molecular weight is 413 g/mol. The Morgan fingerprint density at radius 2 is 1.85 bits per heavy atom. The smallest absolute Gasteiger partial charge is 0.158 e. The van der Waals surface area contributed by atoms with Crippen molar-refractivity contribution in [1.29, 1.82) is 0 Å². The van der Waals surface area contributed by atoms with E-state index in [0.29, 0.717) is 21.7 Å². The van der Waals surface area contributed by atoms with Crippen molar-refractivity contribution in [2.24, 2.45) is 5.10 Å². The van der Waals surface area contributed by atoms with Crippen LogP contribution in [0.5, 0.6) is 0 Å². The fraction of sp³-hybridized carbons (Fsp3) is 0.0500. The maximum Gasteiger partial charge on any atom is 0.158 e. The highest BCUT2D eigenvalue weighted by molar-refractivity contribution is 7.21. The summed E-state index contributed by atoms with van der Waals surface area (Å²) < 4.78 is 0. The second-order valence-electron chi connectivity index (χ2n) is 5.85. The van der Waals surface area contributed by atoms with Gasteiger partial charge < -0.3 is 0 Å². The first kappa shape index (κ1) is 17.9. The summed E-state index contributed by atoms with van der Waals surface area (Å²) >= 11 is 13.7. The van der Waals surface area contributed by atoms with Crippen LogP contribution >= 0.6 is 34.5 Å². The summed E-state index contributed by atoms with van der Waals surface area (Å²) in [5.74, 6) is 1.35. The minimum Gasteiger partial charge on any atom is -0.261 e. The largest absolute Gasteiger partial charge is 0.261 e. The van der Waals surface area contributed by atoms with E-state index in [4.69, 9.17) is 23.2 Å². The maximum atomic E-state index is 6.18. The molecule has 4 nitrogen and oxygen atoms in total. The molecule has 1 N–H and O–H groups in total. The van der Waals surface area contributed by atoms with Gasteiger partial charge in [0.1, 0.15) is 10.7 Å². The number of nitrogens with zero attached hydrogens (tertiary/aromatic N) is 3. The lowest BCUT2D eigenvalue weighted by Crippen LogP contribution is -1.97. The molecule has 0 aliphatic heterocycles. The number of benzene rings is 2.